The number of rotatable bonds is 6. The summed E-state index contributed by atoms with van der Waals surface area (Å²) in [7, 11) is 0. The number of hydrogen-bond donors (Lipinski definition) is 2. The Labute approximate surface area is 207 Å². The normalized spacial score (nSPS) is 10.5. The fourth-order valence-corrected chi connectivity index (χ4v) is 3.37. The SMILES string of the molecule is Cc1ccc(NC(=O)NC(=O)COC(=O)c2ccc(-c3nnc(-c4ccccc4C)o3)cc2)cc1C. The minimum absolute atomic E-state index is 0.227. The third kappa shape index (κ3) is 5.82. The van der Waals surface area contributed by atoms with E-state index in [9.17, 15) is 14.4 Å². The highest BCUT2D eigenvalue weighted by atomic mass is 16.5. The van der Waals surface area contributed by atoms with Crippen LogP contribution in [-0.4, -0.2) is 34.7 Å². The van der Waals surface area contributed by atoms with E-state index in [1.807, 2.05) is 51.1 Å². The molecule has 36 heavy (non-hydrogen) atoms. The Morgan fingerprint density at radius 1 is 0.833 bits per heavy atom. The van der Waals surface area contributed by atoms with Crippen LogP contribution in [0.5, 0.6) is 0 Å². The first-order valence-corrected chi connectivity index (χ1v) is 11.2. The Morgan fingerprint density at radius 3 is 2.28 bits per heavy atom. The first-order chi connectivity index (χ1) is 17.3. The molecule has 0 unspecified atom stereocenters. The fraction of sp³-hybridized carbons (Fsp3) is 0.148. The number of aromatic nitrogens is 2. The number of carbonyl (C=O) groups is 3. The van der Waals surface area contributed by atoms with Gasteiger partial charge in [0, 0.05) is 16.8 Å². The van der Waals surface area contributed by atoms with Crippen molar-refractivity contribution in [3.05, 3.63) is 89.0 Å². The van der Waals surface area contributed by atoms with Crippen LogP contribution in [0.15, 0.2) is 71.1 Å². The maximum Gasteiger partial charge on any atom is 0.338 e. The van der Waals surface area contributed by atoms with Crippen molar-refractivity contribution in [3.63, 3.8) is 0 Å². The van der Waals surface area contributed by atoms with E-state index in [0.717, 1.165) is 22.3 Å². The molecule has 182 valence electrons. The highest BCUT2D eigenvalue weighted by Crippen LogP contribution is 2.26. The van der Waals surface area contributed by atoms with Crippen molar-refractivity contribution in [3.8, 4) is 22.9 Å². The Kier molecular flexibility index (Phi) is 7.20. The molecule has 3 aromatic carbocycles. The third-order valence-electron chi connectivity index (χ3n) is 5.52. The average Bonchev–Trinajstić information content (AvgIpc) is 3.35. The maximum atomic E-state index is 12.3. The van der Waals surface area contributed by atoms with Crippen molar-refractivity contribution < 1.29 is 23.5 Å². The second-order valence-electron chi connectivity index (χ2n) is 8.18. The van der Waals surface area contributed by atoms with Gasteiger partial charge in [-0.15, -0.1) is 10.2 Å². The zero-order chi connectivity index (χ0) is 25.7. The molecule has 1 heterocycles. The summed E-state index contributed by atoms with van der Waals surface area (Å²) in [5, 5.41) is 12.9. The summed E-state index contributed by atoms with van der Waals surface area (Å²) < 4.78 is 10.8. The van der Waals surface area contributed by atoms with Crippen molar-refractivity contribution in [2.24, 2.45) is 0 Å². The number of benzene rings is 3. The molecule has 0 atom stereocenters. The van der Waals surface area contributed by atoms with Gasteiger partial charge in [-0.3, -0.25) is 10.1 Å². The van der Waals surface area contributed by atoms with Crippen LogP contribution in [0.3, 0.4) is 0 Å². The van der Waals surface area contributed by atoms with Gasteiger partial charge in [0.2, 0.25) is 11.8 Å². The molecule has 0 saturated carbocycles. The van der Waals surface area contributed by atoms with Gasteiger partial charge < -0.3 is 14.5 Å². The largest absolute Gasteiger partial charge is 0.452 e. The van der Waals surface area contributed by atoms with Crippen LogP contribution in [0.25, 0.3) is 22.9 Å². The molecule has 0 spiro atoms. The third-order valence-corrected chi connectivity index (χ3v) is 5.52. The van der Waals surface area contributed by atoms with Gasteiger partial charge in [0.1, 0.15) is 0 Å². The van der Waals surface area contributed by atoms with E-state index in [0.29, 0.717) is 23.0 Å². The van der Waals surface area contributed by atoms with Gasteiger partial charge in [0.05, 0.1) is 5.56 Å². The second kappa shape index (κ2) is 10.6. The molecule has 0 aliphatic heterocycles. The number of urea groups is 1. The van der Waals surface area contributed by atoms with Crippen LogP contribution in [-0.2, 0) is 9.53 Å². The first kappa shape index (κ1) is 24.3. The standard InChI is InChI=1S/C27H24N4O5/c1-16-8-13-21(14-18(16)3)28-27(34)29-23(32)15-35-26(33)20-11-9-19(10-12-20)24-30-31-25(36-24)22-7-5-4-6-17(22)2/h4-14H,15H2,1-3H3,(H2,28,29,32,34). The molecule has 0 saturated heterocycles. The number of carbonyl (C=O) groups excluding carboxylic acids is 3. The van der Waals surface area contributed by atoms with Gasteiger partial charge >= 0.3 is 12.0 Å². The van der Waals surface area contributed by atoms with Crippen LogP contribution in [0.2, 0.25) is 0 Å². The summed E-state index contributed by atoms with van der Waals surface area (Å²) in [4.78, 5) is 36.3. The molecule has 9 nitrogen and oxygen atoms in total. The fourth-order valence-electron chi connectivity index (χ4n) is 3.37. The Bertz CT molecular complexity index is 1430. The van der Waals surface area contributed by atoms with E-state index in [1.165, 1.54) is 12.1 Å². The summed E-state index contributed by atoms with van der Waals surface area (Å²) in [5.41, 5.74) is 5.35. The van der Waals surface area contributed by atoms with E-state index in [1.54, 1.807) is 24.3 Å². The summed E-state index contributed by atoms with van der Waals surface area (Å²) in [6.45, 7) is 5.22. The Hall–Kier alpha value is -4.79. The van der Waals surface area contributed by atoms with Crippen LogP contribution in [0.1, 0.15) is 27.0 Å². The average molecular weight is 485 g/mol. The van der Waals surface area contributed by atoms with Crippen LogP contribution in [0, 0.1) is 20.8 Å². The van der Waals surface area contributed by atoms with Crippen molar-refractivity contribution in [2.75, 3.05) is 11.9 Å². The maximum absolute atomic E-state index is 12.3. The van der Waals surface area contributed by atoms with Crippen LogP contribution >= 0.6 is 0 Å². The molecule has 0 bridgehead atoms. The van der Waals surface area contributed by atoms with E-state index < -0.39 is 24.5 Å². The van der Waals surface area contributed by atoms with Crippen molar-refractivity contribution in [2.45, 2.75) is 20.8 Å². The van der Waals surface area contributed by atoms with Gasteiger partial charge in [0.15, 0.2) is 6.61 Å². The number of amides is 3. The predicted molar refractivity (Wildman–Crippen MR) is 133 cm³/mol. The number of anilines is 1. The lowest BCUT2D eigenvalue weighted by Gasteiger charge is -2.09. The van der Waals surface area contributed by atoms with Crippen molar-refractivity contribution in [1.82, 2.24) is 15.5 Å². The number of hydrogen-bond acceptors (Lipinski definition) is 7. The zero-order valence-corrected chi connectivity index (χ0v) is 20.0. The molecule has 4 aromatic rings. The summed E-state index contributed by atoms with van der Waals surface area (Å²) in [5.74, 6) is -0.755. The highest BCUT2D eigenvalue weighted by Gasteiger charge is 2.15. The minimum atomic E-state index is -0.754. The minimum Gasteiger partial charge on any atom is -0.452 e. The van der Waals surface area contributed by atoms with Crippen molar-refractivity contribution >= 4 is 23.6 Å². The predicted octanol–water partition coefficient (Wildman–Crippen LogP) is 4.83. The molecule has 3 amide bonds. The summed E-state index contributed by atoms with van der Waals surface area (Å²) in [6, 6.07) is 18.7. The number of aryl methyl sites for hydroxylation is 3. The quantitative estimate of drug-likeness (QED) is 0.376. The number of imide groups is 1. The second-order valence-corrected chi connectivity index (χ2v) is 8.18. The van der Waals surface area contributed by atoms with Crippen LogP contribution in [0.4, 0.5) is 10.5 Å². The summed E-state index contributed by atoms with van der Waals surface area (Å²) in [6.07, 6.45) is 0. The highest BCUT2D eigenvalue weighted by molar-refractivity contribution is 6.02. The van der Waals surface area contributed by atoms with Gasteiger partial charge in [-0.25, -0.2) is 9.59 Å². The Balaban J connectivity index is 1.29. The van der Waals surface area contributed by atoms with Gasteiger partial charge in [0.25, 0.3) is 5.91 Å². The monoisotopic (exact) mass is 484 g/mol. The van der Waals surface area contributed by atoms with Gasteiger partial charge in [-0.1, -0.05) is 24.3 Å². The van der Waals surface area contributed by atoms with E-state index >= 15 is 0 Å². The molecule has 4 rings (SSSR count). The lowest BCUT2D eigenvalue weighted by Crippen LogP contribution is -2.37. The topological polar surface area (TPSA) is 123 Å². The molecular weight excluding hydrogens is 460 g/mol. The number of ether oxygens (including phenoxy) is 1. The van der Waals surface area contributed by atoms with Gasteiger partial charge in [-0.2, -0.15) is 0 Å². The lowest BCUT2D eigenvalue weighted by molar-refractivity contribution is -0.123. The zero-order valence-electron chi connectivity index (χ0n) is 20.0. The molecule has 2 N–H and O–H groups in total. The van der Waals surface area contributed by atoms with Crippen LogP contribution < -0.4 is 10.6 Å². The molecular formula is C27H24N4O5. The number of esters is 1. The van der Waals surface area contributed by atoms with Crippen molar-refractivity contribution in [1.29, 1.82) is 0 Å². The molecule has 0 fully saturated rings. The summed E-state index contributed by atoms with van der Waals surface area (Å²) >= 11 is 0. The van der Waals surface area contributed by atoms with E-state index in [-0.39, 0.29) is 5.56 Å². The molecule has 0 radical (unpaired) electrons. The smallest absolute Gasteiger partial charge is 0.338 e. The molecule has 1 aromatic heterocycles. The van der Waals surface area contributed by atoms with Gasteiger partial charge in [-0.05, 0) is 79.9 Å². The lowest BCUT2D eigenvalue weighted by atomic mass is 10.1. The molecule has 9 heteroatoms. The Morgan fingerprint density at radius 2 is 1.56 bits per heavy atom. The molecule has 0 aliphatic carbocycles. The first-order valence-electron chi connectivity index (χ1n) is 11.2. The number of nitrogens with one attached hydrogen (secondary N) is 2. The number of nitrogens with zero attached hydrogens (tertiary/aromatic N) is 2. The van der Waals surface area contributed by atoms with E-state index in [4.69, 9.17) is 9.15 Å². The molecule has 0 aliphatic rings. The van der Waals surface area contributed by atoms with E-state index in [2.05, 4.69) is 20.8 Å².